The van der Waals surface area contributed by atoms with Gasteiger partial charge < -0.3 is 96.7 Å². The Hall–Kier alpha value is -10.8. The fourth-order valence-electron chi connectivity index (χ4n) is 15.8. The number of sulfonamides is 1. The summed E-state index contributed by atoms with van der Waals surface area (Å²) in [6, 6.07) is 17.3. The number of methoxy groups -OCH3 is 4. The van der Waals surface area contributed by atoms with Crippen LogP contribution in [0.3, 0.4) is 0 Å². The first kappa shape index (κ1) is 97.0. The van der Waals surface area contributed by atoms with E-state index in [0.717, 1.165) is 118 Å². The number of nitrogens with zero attached hydrogens (tertiary/aromatic N) is 6. The lowest BCUT2D eigenvalue weighted by Crippen LogP contribution is -2.48. The Kier molecular flexibility index (Phi) is 32.7. The fourth-order valence-corrected chi connectivity index (χ4v) is 17.1. The number of amides is 4. The predicted octanol–water partition coefficient (Wildman–Crippen LogP) is 16.7. The van der Waals surface area contributed by atoms with Gasteiger partial charge in [0.15, 0.2) is 0 Å². The Morgan fingerprint density at radius 3 is 1.27 bits per heavy atom. The largest absolute Gasteiger partial charge is 0.496 e. The number of aromatic nitrogens is 1. The lowest BCUT2D eigenvalue weighted by Gasteiger charge is -2.40. The number of halogens is 1. The number of nitrogens with two attached hydrogens (primary N) is 1. The molecule has 0 unspecified atom stereocenters. The van der Waals surface area contributed by atoms with Gasteiger partial charge in [-0.15, -0.1) is 0 Å². The highest BCUT2D eigenvalue weighted by atomic mass is 79.9. The number of pyridine rings is 1. The van der Waals surface area contributed by atoms with Crippen LogP contribution in [0.25, 0.3) is 43.9 Å². The number of furan rings is 4. The van der Waals surface area contributed by atoms with Crippen LogP contribution in [-0.4, -0.2) is 216 Å². The number of hydrogen-bond acceptors (Lipinski definition) is 25. The third-order valence-corrected chi connectivity index (χ3v) is 24.2. The van der Waals surface area contributed by atoms with E-state index in [0.29, 0.717) is 126 Å². The van der Waals surface area contributed by atoms with Crippen LogP contribution in [0.15, 0.2) is 107 Å². The number of aryl methyl sites for hydroxylation is 1. The summed E-state index contributed by atoms with van der Waals surface area (Å²) in [7, 11) is 2.41. The second kappa shape index (κ2) is 41.8. The number of rotatable bonds is 16. The van der Waals surface area contributed by atoms with Gasteiger partial charge in [-0.3, -0.25) is 9.59 Å². The van der Waals surface area contributed by atoms with Crippen molar-refractivity contribution in [1.82, 2.24) is 29.3 Å². The molecule has 0 atom stereocenters. The van der Waals surface area contributed by atoms with E-state index in [-0.39, 0.29) is 78.4 Å². The van der Waals surface area contributed by atoms with E-state index in [9.17, 15) is 46.8 Å². The SMILES string of the molecule is CC(C)(C)OC(=O)N1CCC(N)CC1.CCN(c1cc2occc2c(C(=O)NCc2c(OC)cc(C)[nH]c2=O)c1C)C1CCN(S(C)(=O)=O)CC1.CCN(c1cc2occc2c(C(=O)OC)c1C)C1CCN(C(=O)OC(C)(C)C)CC1.COC(=O)c1c(C)c(Br)cc2occc12.COC(=O)c1c(C)c(NC2CCN(C(=O)OC(C)(C)C)CC2)cc2occc12. The molecule has 13 rings (SSSR count). The molecule has 124 heavy (non-hydrogen) atoms. The summed E-state index contributed by atoms with van der Waals surface area (Å²) in [5, 5.41) is 9.37. The van der Waals surface area contributed by atoms with Crippen molar-refractivity contribution in [2.45, 2.75) is 210 Å². The van der Waals surface area contributed by atoms with Gasteiger partial charge in [-0.2, -0.15) is 0 Å². The van der Waals surface area contributed by atoms with Gasteiger partial charge in [0.1, 0.15) is 44.9 Å². The molecule has 33 heteroatoms. The zero-order valence-corrected chi connectivity index (χ0v) is 77.8. The summed E-state index contributed by atoms with van der Waals surface area (Å²) in [5.74, 6) is -1.00. The third-order valence-electron chi connectivity index (χ3n) is 22.1. The number of hydrogen-bond donors (Lipinski definition) is 4. The maximum absolute atomic E-state index is 13.5. The number of aromatic amines is 1. The lowest BCUT2D eigenvalue weighted by molar-refractivity contribution is 0.0195. The standard InChI is InChI=1S/C26H34N4O6S.C23H32N2O5.C21H28N2O5.C11H9BrO3.C10H20N2O2/c1-6-30(18-7-10-29(11-8-18)37(5,33)34)21-14-23-19(9-12-36-23)24(17(21)3)26(32)27-15-20-22(35-4)13-16(2)28-25(20)31;1-7-25(16-8-11-24(12-9-16)22(27)30-23(3,4)5)18-14-19-17(10-13-29-19)20(15(18)2)21(26)28-6;1-13-16(12-17-15(8-11-27-17)18(13)19(24)26-5)22-14-6-9-23(10-7-14)20(25)28-21(2,3)4;1-6-8(12)5-9-7(3-4-15-9)10(6)11(13)14-2;1-10(2,3)14-9(13)12-6-4-8(11)5-7-12/h9,12-14,18H,6-8,10-11,15H2,1-5H3,(H,27,32)(H,28,31);10,13-14,16H,7-9,11-12H2,1-6H3;8,11-12,14,22H,6-7,9-10H2,1-5H3;3-5H,1-2H3;8H,4-7,11H2,1-3H3. The number of ether oxygens (including phenoxy) is 7. The molecule has 5 aromatic heterocycles. The highest BCUT2D eigenvalue weighted by Gasteiger charge is 2.36. The Balaban J connectivity index is 0.000000183. The maximum Gasteiger partial charge on any atom is 0.410 e. The quantitative estimate of drug-likeness (QED) is 0.0515. The van der Waals surface area contributed by atoms with E-state index < -0.39 is 26.8 Å². The van der Waals surface area contributed by atoms with Crippen molar-refractivity contribution in [3.05, 3.63) is 150 Å². The van der Waals surface area contributed by atoms with Crippen LogP contribution in [0, 0.1) is 34.6 Å². The van der Waals surface area contributed by atoms with Crippen molar-refractivity contribution in [2.24, 2.45) is 5.73 Å². The lowest BCUT2D eigenvalue weighted by atomic mass is 9.97. The second-order valence-corrected chi connectivity index (χ2v) is 37.1. The number of fused-ring (bicyclic) bond motifs is 4. The van der Waals surface area contributed by atoms with Crippen LogP contribution in [0.4, 0.5) is 31.4 Å². The summed E-state index contributed by atoms with van der Waals surface area (Å²) < 4.78 is 84.7. The molecule has 9 aromatic rings. The minimum Gasteiger partial charge on any atom is -0.496 e. The highest BCUT2D eigenvalue weighted by Crippen LogP contribution is 2.39. The van der Waals surface area contributed by atoms with Gasteiger partial charge >= 0.3 is 36.2 Å². The van der Waals surface area contributed by atoms with Crippen molar-refractivity contribution in [3.8, 4) is 5.75 Å². The summed E-state index contributed by atoms with van der Waals surface area (Å²) >= 11 is 3.38. The molecule has 31 nitrogen and oxygen atoms in total. The molecular weight excluding hydrogens is 1680 g/mol. The molecule has 0 spiro atoms. The number of nitrogens with one attached hydrogen (secondary N) is 3. The first-order chi connectivity index (χ1) is 58.4. The van der Waals surface area contributed by atoms with E-state index in [1.807, 2.05) is 121 Å². The van der Waals surface area contributed by atoms with Crippen LogP contribution >= 0.6 is 15.9 Å². The number of carbonyl (C=O) groups excluding carboxylic acids is 7. The van der Waals surface area contributed by atoms with Crippen LogP contribution in [0.5, 0.6) is 5.75 Å². The number of anilines is 3. The average Bonchev–Trinajstić information content (AvgIpc) is 1.52. The predicted molar refractivity (Wildman–Crippen MR) is 481 cm³/mol. The minimum atomic E-state index is -3.22. The molecule has 4 amide bonds. The van der Waals surface area contributed by atoms with E-state index in [1.165, 1.54) is 39.0 Å². The average molecular weight is 1810 g/mol. The van der Waals surface area contributed by atoms with Gasteiger partial charge in [0.05, 0.1) is 94.1 Å². The van der Waals surface area contributed by atoms with Gasteiger partial charge in [0.2, 0.25) is 10.0 Å². The first-order valence-corrected chi connectivity index (χ1v) is 44.5. The normalized spacial score (nSPS) is 15.2. The van der Waals surface area contributed by atoms with Crippen LogP contribution in [-0.2, 0) is 45.0 Å². The number of esters is 3. The van der Waals surface area contributed by atoms with Crippen molar-refractivity contribution in [3.63, 3.8) is 0 Å². The maximum atomic E-state index is 13.5. The smallest absolute Gasteiger partial charge is 0.410 e. The highest BCUT2D eigenvalue weighted by molar-refractivity contribution is 9.10. The van der Waals surface area contributed by atoms with Crippen molar-refractivity contribution < 1.29 is 92.8 Å². The topological polar surface area (TPSA) is 373 Å². The fraction of sp³-hybridized carbons (Fsp3) is 0.516. The molecule has 0 saturated carbocycles. The number of carbonyl (C=O) groups is 7. The van der Waals surface area contributed by atoms with Gasteiger partial charge in [-0.25, -0.2) is 41.5 Å². The van der Waals surface area contributed by atoms with Gasteiger partial charge in [0.25, 0.3) is 11.5 Å². The van der Waals surface area contributed by atoms with E-state index >= 15 is 0 Å². The molecule has 0 aliphatic carbocycles. The molecule has 676 valence electrons. The zero-order chi connectivity index (χ0) is 91.2. The minimum absolute atomic E-state index is 0.00206. The molecule has 4 aliphatic heterocycles. The Morgan fingerprint density at radius 2 is 0.879 bits per heavy atom. The van der Waals surface area contributed by atoms with E-state index in [1.54, 1.807) is 77.0 Å². The van der Waals surface area contributed by atoms with Gasteiger partial charge in [0, 0.05) is 157 Å². The summed E-state index contributed by atoms with van der Waals surface area (Å²) in [6.07, 6.45) is 13.1. The molecule has 0 radical (unpaired) electrons. The van der Waals surface area contributed by atoms with Crippen molar-refractivity contribution in [1.29, 1.82) is 0 Å². The molecule has 4 aliphatic rings. The monoisotopic (exact) mass is 1800 g/mol. The molecule has 9 heterocycles. The van der Waals surface area contributed by atoms with Crippen molar-refractivity contribution in [2.75, 3.05) is 115 Å². The number of benzene rings is 4. The number of piperidine rings is 4. The van der Waals surface area contributed by atoms with Gasteiger partial charge in [-0.1, -0.05) is 15.9 Å². The molecule has 5 N–H and O–H groups in total. The first-order valence-electron chi connectivity index (χ1n) is 41.9. The Morgan fingerprint density at radius 1 is 0.516 bits per heavy atom. The number of H-pyrrole nitrogens is 1. The molecule has 4 aromatic carbocycles. The molecule has 4 fully saturated rings. The van der Waals surface area contributed by atoms with Crippen LogP contribution in [0.1, 0.15) is 202 Å². The Labute approximate surface area is 733 Å². The van der Waals surface area contributed by atoms with E-state index in [4.69, 9.17) is 56.6 Å². The van der Waals surface area contributed by atoms with Crippen LogP contribution in [0.2, 0.25) is 0 Å². The third kappa shape index (κ3) is 24.4. The summed E-state index contributed by atoms with van der Waals surface area (Å²) in [4.78, 5) is 111. The van der Waals surface area contributed by atoms with Crippen LogP contribution < -0.4 is 36.5 Å². The molecule has 0 bridgehead atoms. The molecule has 4 saturated heterocycles. The zero-order valence-electron chi connectivity index (χ0n) is 75.4. The second-order valence-electron chi connectivity index (χ2n) is 34.2. The van der Waals surface area contributed by atoms with Crippen molar-refractivity contribution >= 4 is 129 Å². The van der Waals surface area contributed by atoms with E-state index in [2.05, 4.69) is 48.3 Å². The number of likely N-dealkylation sites (tertiary alicyclic amines) is 3. The summed E-state index contributed by atoms with van der Waals surface area (Å²) in [5.41, 5.74) is 15.8. The summed E-state index contributed by atoms with van der Waals surface area (Å²) in [6.45, 7) is 36.8. The molecular formula is C91H123BrN10O21S. The van der Waals surface area contributed by atoms with Gasteiger partial charge in [-0.05, 0) is 221 Å². The Bertz CT molecular complexity index is 5440.